The van der Waals surface area contributed by atoms with E-state index in [-0.39, 0.29) is 10.6 Å². The fourth-order valence-corrected chi connectivity index (χ4v) is 4.98. The van der Waals surface area contributed by atoms with Crippen LogP contribution in [0.4, 0.5) is 28.0 Å². The summed E-state index contributed by atoms with van der Waals surface area (Å²) in [5.74, 6) is -7.85. The number of carbonyl (C=O) groups excluding carboxylic acids is 4. The van der Waals surface area contributed by atoms with Gasteiger partial charge in [0, 0.05) is 35.5 Å². The van der Waals surface area contributed by atoms with Crippen molar-refractivity contribution in [2.24, 2.45) is 0 Å². The molecule has 0 spiro atoms. The summed E-state index contributed by atoms with van der Waals surface area (Å²) in [4.78, 5) is 54.9. The molecule has 4 amide bonds. The lowest BCUT2D eigenvalue weighted by Gasteiger charge is -2.40. The van der Waals surface area contributed by atoms with Gasteiger partial charge in [-0.3, -0.25) is 24.2 Å². The third-order valence-corrected chi connectivity index (χ3v) is 6.87. The van der Waals surface area contributed by atoms with E-state index in [9.17, 15) is 36.7 Å². The first-order valence-electron chi connectivity index (χ1n) is 13.0. The number of piperazine rings is 1. The van der Waals surface area contributed by atoms with Gasteiger partial charge < -0.3 is 15.4 Å². The highest BCUT2D eigenvalue weighted by molar-refractivity contribution is 6.31. The largest absolute Gasteiger partial charge is 0.444 e. The summed E-state index contributed by atoms with van der Waals surface area (Å²) in [6.07, 6.45) is -2.16. The normalized spacial score (nSPS) is 19.3. The number of nitrogens with one attached hydrogen (secondary N) is 2. The number of benzene rings is 2. The predicted molar refractivity (Wildman–Crippen MR) is 144 cm³/mol. The summed E-state index contributed by atoms with van der Waals surface area (Å²) in [6, 6.07) is 3.86. The molecule has 9 nitrogen and oxygen atoms in total. The monoisotopic (exact) mass is 612 g/mol. The predicted octanol–water partition coefficient (Wildman–Crippen LogP) is 4.34. The molecule has 1 saturated carbocycles. The van der Waals surface area contributed by atoms with E-state index >= 15 is 0 Å². The van der Waals surface area contributed by atoms with E-state index in [4.69, 9.17) is 16.3 Å². The number of carbonyl (C=O) groups is 4. The van der Waals surface area contributed by atoms with Gasteiger partial charge in [-0.05, 0) is 39.0 Å². The first kappa shape index (κ1) is 31.1. The number of ether oxygens (including phenoxy) is 1. The third-order valence-electron chi connectivity index (χ3n) is 6.53. The number of anilines is 1. The summed E-state index contributed by atoms with van der Waals surface area (Å²) >= 11 is 6.40. The molecule has 226 valence electrons. The standard InChI is InChI=1S/C28H29ClF4N4O5/c1-27(2,3)42-26(41)36-13-21(35-22(38)14-36)25(40)37(18-9-15(30)8-16(31)10-18)23(19-6-4-5-7-20(19)29)24(39)34-17-11-28(32,33)12-17/h4-10,17,21,23H,11-14H2,1-3H3,(H,34,39)(H,35,38)/t21?,23-/m0/s1. The first-order valence-corrected chi connectivity index (χ1v) is 13.4. The average molecular weight is 613 g/mol. The highest BCUT2D eigenvalue weighted by Gasteiger charge is 2.48. The molecule has 1 aliphatic carbocycles. The Morgan fingerprint density at radius 2 is 1.74 bits per heavy atom. The summed E-state index contributed by atoms with van der Waals surface area (Å²) in [7, 11) is 0. The Balaban J connectivity index is 1.77. The fraction of sp³-hybridized carbons (Fsp3) is 0.429. The van der Waals surface area contributed by atoms with Gasteiger partial charge >= 0.3 is 6.09 Å². The van der Waals surface area contributed by atoms with E-state index in [1.54, 1.807) is 26.8 Å². The second-order valence-electron chi connectivity index (χ2n) is 11.2. The van der Waals surface area contributed by atoms with Gasteiger partial charge in [-0.25, -0.2) is 22.4 Å². The van der Waals surface area contributed by atoms with Crippen LogP contribution in [0.5, 0.6) is 0 Å². The lowest BCUT2D eigenvalue weighted by Crippen LogP contribution is -2.63. The lowest BCUT2D eigenvalue weighted by molar-refractivity contribution is -0.135. The molecular weight excluding hydrogens is 584 g/mol. The van der Waals surface area contributed by atoms with Crippen LogP contribution in [0.1, 0.15) is 45.2 Å². The number of alkyl halides is 2. The van der Waals surface area contributed by atoms with Crippen LogP contribution in [-0.2, 0) is 19.1 Å². The van der Waals surface area contributed by atoms with E-state index in [1.807, 2.05) is 0 Å². The molecule has 1 unspecified atom stereocenters. The maximum atomic E-state index is 14.5. The molecule has 0 bridgehead atoms. The molecule has 0 radical (unpaired) electrons. The van der Waals surface area contributed by atoms with Gasteiger partial charge in [0.2, 0.25) is 11.8 Å². The fourth-order valence-electron chi connectivity index (χ4n) is 4.74. The van der Waals surface area contributed by atoms with Crippen molar-refractivity contribution in [1.82, 2.24) is 15.5 Å². The van der Waals surface area contributed by atoms with Gasteiger partial charge in [0.15, 0.2) is 0 Å². The van der Waals surface area contributed by atoms with Gasteiger partial charge in [0.1, 0.15) is 35.9 Å². The van der Waals surface area contributed by atoms with E-state index in [0.29, 0.717) is 6.07 Å². The van der Waals surface area contributed by atoms with Crippen molar-refractivity contribution in [3.05, 3.63) is 64.7 Å². The molecular formula is C28H29ClF4N4O5. The molecule has 2 atom stereocenters. The smallest absolute Gasteiger partial charge is 0.410 e. The van der Waals surface area contributed by atoms with Crippen LogP contribution in [0, 0.1) is 11.6 Å². The summed E-state index contributed by atoms with van der Waals surface area (Å²) in [5.41, 5.74) is -1.31. The number of hydrogen-bond acceptors (Lipinski definition) is 5. The summed E-state index contributed by atoms with van der Waals surface area (Å²) < 4.78 is 61.3. The molecule has 1 saturated heterocycles. The zero-order valence-electron chi connectivity index (χ0n) is 22.9. The molecule has 1 heterocycles. The van der Waals surface area contributed by atoms with E-state index in [1.165, 1.54) is 18.2 Å². The molecule has 0 aromatic heterocycles. The molecule has 2 N–H and O–H groups in total. The van der Waals surface area contributed by atoms with Crippen LogP contribution >= 0.6 is 11.6 Å². The molecule has 14 heteroatoms. The molecule has 4 rings (SSSR count). The van der Waals surface area contributed by atoms with Crippen LogP contribution in [0.15, 0.2) is 42.5 Å². The van der Waals surface area contributed by atoms with E-state index < -0.39 is 96.7 Å². The Morgan fingerprint density at radius 1 is 1.12 bits per heavy atom. The van der Waals surface area contributed by atoms with Crippen molar-refractivity contribution < 1.29 is 41.5 Å². The van der Waals surface area contributed by atoms with Gasteiger partial charge in [-0.2, -0.15) is 0 Å². The Hall–Kier alpha value is -3.87. The van der Waals surface area contributed by atoms with Gasteiger partial charge in [-0.15, -0.1) is 0 Å². The second kappa shape index (κ2) is 11.8. The number of nitrogens with zero attached hydrogens (tertiary/aromatic N) is 2. The number of rotatable bonds is 6. The Kier molecular flexibility index (Phi) is 8.72. The van der Waals surface area contributed by atoms with Crippen LogP contribution < -0.4 is 15.5 Å². The highest BCUT2D eigenvalue weighted by Crippen LogP contribution is 2.39. The number of halogens is 5. The molecule has 1 aliphatic heterocycles. The van der Waals surface area contributed by atoms with E-state index in [2.05, 4.69) is 10.6 Å². The van der Waals surface area contributed by atoms with Crippen LogP contribution in [0.25, 0.3) is 0 Å². The van der Waals surface area contributed by atoms with Gasteiger partial charge in [0.25, 0.3) is 11.8 Å². The second-order valence-corrected chi connectivity index (χ2v) is 11.6. The van der Waals surface area contributed by atoms with Crippen molar-refractivity contribution in [3.63, 3.8) is 0 Å². The Morgan fingerprint density at radius 3 is 2.31 bits per heavy atom. The minimum absolute atomic E-state index is 0.00525. The molecule has 42 heavy (non-hydrogen) atoms. The van der Waals surface area contributed by atoms with Crippen molar-refractivity contribution in [2.75, 3.05) is 18.0 Å². The van der Waals surface area contributed by atoms with Crippen LogP contribution in [-0.4, -0.2) is 65.4 Å². The van der Waals surface area contributed by atoms with Gasteiger partial charge in [0.05, 0.1) is 12.2 Å². The van der Waals surface area contributed by atoms with Gasteiger partial charge in [-0.1, -0.05) is 29.8 Å². The topological polar surface area (TPSA) is 108 Å². The van der Waals surface area contributed by atoms with Crippen molar-refractivity contribution >= 4 is 41.1 Å². The summed E-state index contributed by atoms with van der Waals surface area (Å²) in [6.45, 7) is 4.00. The van der Waals surface area contributed by atoms with Crippen LogP contribution in [0.3, 0.4) is 0 Å². The van der Waals surface area contributed by atoms with Crippen molar-refractivity contribution in [3.8, 4) is 0 Å². The first-order chi connectivity index (χ1) is 19.5. The van der Waals surface area contributed by atoms with Crippen molar-refractivity contribution in [2.45, 2.75) is 63.3 Å². The minimum atomic E-state index is -2.98. The molecule has 2 fully saturated rings. The maximum Gasteiger partial charge on any atom is 0.410 e. The SMILES string of the molecule is CC(C)(C)OC(=O)N1CC(=O)NC(C(=O)N(c2cc(F)cc(F)c2)[C@H](C(=O)NC2CC(F)(F)C2)c2ccccc2Cl)C1. The summed E-state index contributed by atoms with van der Waals surface area (Å²) in [5, 5.41) is 4.91. The zero-order chi connectivity index (χ0) is 31.0. The Bertz CT molecular complexity index is 1370. The Labute approximate surface area is 244 Å². The quantitative estimate of drug-likeness (QED) is 0.472. The molecule has 2 aliphatic rings. The number of hydrogen-bond donors (Lipinski definition) is 2. The average Bonchev–Trinajstić information content (AvgIpc) is 2.84. The third kappa shape index (κ3) is 7.30. The minimum Gasteiger partial charge on any atom is -0.444 e. The van der Waals surface area contributed by atoms with Crippen LogP contribution in [0.2, 0.25) is 5.02 Å². The van der Waals surface area contributed by atoms with Crippen molar-refractivity contribution in [1.29, 1.82) is 0 Å². The number of amides is 4. The lowest BCUT2D eigenvalue weighted by atomic mass is 9.87. The maximum absolute atomic E-state index is 14.5. The zero-order valence-corrected chi connectivity index (χ0v) is 23.7. The van der Waals surface area contributed by atoms with E-state index in [0.717, 1.165) is 21.9 Å². The molecule has 2 aromatic rings. The highest BCUT2D eigenvalue weighted by atomic mass is 35.5. The molecule has 2 aromatic carbocycles.